The molecule has 0 N–H and O–H groups in total. The highest BCUT2D eigenvalue weighted by atomic mass is 16.6. The predicted octanol–water partition coefficient (Wildman–Crippen LogP) is 7.35. The van der Waals surface area contributed by atoms with Crippen molar-refractivity contribution in [3.8, 4) is 17.6 Å². The third-order valence-corrected chi connectivity index (χ3v) is 7.50. The molecule has 1 aliphatic rings. The van der Waals surface area contributed by atoms with Crippen LogP contribution in [0.5, 0.6) is 11.5 Å². The zero-order valence-corrected chi connectivity index (χ0v) is 25.6. The van der Waals surface area contributed by atoms with E-state index in [4.69, 9.17) is 14.2 Å². The summed E-state index contributed by atoms with van der Waals surface area (Å²) in [7, 11) is 1.55. The molecule has 0 unspecified atom stereocenters. The topological polar surface area (TPSA) is 92.1 Å². The van der Waals surface area contributed by atoms with Crippen LogP contribution in [0.4, 0.5) is 10.5 Å². The number of nitrogens with zero attached hydrogens (tertiary/aromatic N) is 3. The predicted molar refractivity (Wildman–Crippen MR) is 170 cm³/mol. The van der Waals surface area contributed by atoms with Gasteiger partial charge in [-0.2, -0.15) is 5.26 Å². The molecule has 0 aliphatic carbocycles. The first-order chi connectivity index (χ1) is 21.1. The smallest absolute Gasteiger partial charge is 0.410 e. The van der Waals surface area contributed by atoms with Crippen molar-refractivity contribution < 1.29 is 23.8 Å². The van der Waals surface area contributed by atoms with Crippen LogP contribution in [-0.2, 0) is 11.3 Å². The highest BCUT2D eigenvalue weighted by Crippen LogP contribution is 2.29. The Bertz CT molecular complexity index is 1680. The quantitative estimate of drug-likeness (QED) is 0.223. The van der Waals surface area contributed by atoms with Crippen molar-refractivity contribution in [2.75, 3.05) is 25.1 Å². The zero-order chi connectivity index (χ0) is 31.3. The van der Waals surface area contributed by atoms with Crippen molar-refractivity contribution in [1.29, 1.82) is 5.26 Å². The number of amides is 2. The Morgan fingerprint density at radius 3 is 2.32 bits per heavy atom. The Hall–Kier alpha value is -5.03. The second kappa shape index (κ2) is 13.1. The van der Waals surface area contributed by atoms with E-state index in [2.05, 4.69) is 6.07 Å². The number of ether oxygens (including phenoxy) is 3. The van der Waals surface area contributed by atoms with Crippen LogP contribution < -0.4 is 14.4 Å². The summed E-state index contributed by atoms with van der Waals surface area (Å²) >= 11 is 0. The molecule has 44 heavy (non-hydrogen) atoms. The van der Waals surface area contributed by atoms with Crippen molar-refractivity contribution in [3.63, 3.8) is 0 Å². The fraction of sp³-hybridized carbons (Fsp3) is 0.306. The van der Waals surface area contributed by atoms with Crippen molar-refractivity contribution in [1.82, 2.24) is 4.90 Å². The number of hydrogen-bond acceptors (Lipinski definition) is 6. The minimum absolute atomic E-state index is 0.0262. The number of benzene rings is 4. The first-order valence-corrected chi connectivity index (χ1v) is 14.8. The molecule has 226 valence electrons. The summed E-state index contributed by atoms with van der Waals surface area (Å²) in [6.45, 7) is 7.04. The number of hydrogen-bond donors (Lipinski definition) is 0. The molecule has 8 nitrogen and oxygen atoms in total. The van der Waals surface area contributed by atoms with E-state index in [1.165, 1.54) is 0 Å². The molecule has 1 saturated heterocycles. The molecule has 5 rings (SSSR count). The average Bonchev–Trinajstić information content (AvgIpc) is 3.03. The fourth-order valence-corrected chi connectivity index (χ4v) is 5.27. The lowest BCUT2D eigenvalue weighted by Gasteiger charge is -2.33. The van der Waals surface area contributed by atoms with Crippen LogP contribution in [0, 0.1) is 11.3 Å². The summed E-state index contributed by atoms with van der Waals surface area (Å²) < 4.78 is 17.3. The number of methoxy groups -OCH3 is 1. The van der Waals surface area contributed by atoms with Gasteiger partial charge in [0.1, 0.15) is 23.2 Å². The number of nitriles is 1. The number of likely N-dealkylation sites (tertiary alicyclic amines) is 1. The number of fused-ring (bicyclic) bond motifs is 1. The Balaban J connectivity index is 1.34. The molecule has 0 saturated carbocycles. The molecule has 2 amide bonds. The second-order valence-corrected chi connectivity index (χ2v) is 11.9. The van der Waals surface area contributed by atoms with Gasteiger partial charge in [0, 0.05) is 31.6 Å². The lowest BCUT2D eigenvalue weighted by Crippen LogP contribution is -2.44. The number of anilines is 1. The molecule has 1 aliphatic heterocycles. The third-order valence-electron chi connectivity index (χ3n) is 7.50. The number of piperidine rings is 1. The lowest BCUT2D eigenvalue weighted by atomic mass is 10.0. The van der Waals surface area contributed by atoms with Crippen LogP contribution in [0.15, 0.2) is 84.9 Å². The van der Waals surface area contributed by atoms with Gasteiger partial charge in [0.05, 0.1) is 30.9 Å². The Kier molecular flexibility index (Phi) is 9.05. The minimum Gasteiger partial charge on any atom is -0.496 e. The van der Waals surface area contributed by atoms with Gasteiger partial charge in [-0.3, -0.25) is 4.79 Å². The highest BCUT2D eigenvalue weighted by molar-refractivity contribution is 6.08. The van der Waals surface area contributed by atoms with Gasteiger partial charge in [-0.1, -0.05) is 30.3 Å². The maximum atomic E-state index is 14.0. The Labute approximate surface area is 258 Å². The maximum absolute atomic E-state index is 14.0. The summed E-state index contributed by atoms with van der Waals surface area (Å²) in [6, 6.07) is 28.5. The lowest BCUT2D eigenvalue weighted by molar-refractivity contribution is 0.0126. The average molecular weight is 592 g/mol. The van der Waals surface area contributed by atoms with Crippen molar-refractivity contribution in [3.05, 3.63) is 102 Å². The number of carbonyl (C=O) groups excluding carboxylic acids is 2. The van der Waals surface area contributed by atoms with E-state index in [9.17, 15) is 14.9 Å². The number of para-hydroxylation sites is 1. The van der Waals surface area contributed by atoms with Gasteiger partial charge in [-0.25, -0.2) is 4.79 Å². The minimum atomic E-state index is -0.525. The van der Waals surface area contributed by atoms with Crippen molar-refractivity contribution in [2.24, 2.45) is 0 Å². The summed E-state index contributed by atoms with van der Waals surface area (Å²) in [4.78, 5) is 29.9. The number of rotatable bonds is 7. The van der Waals surface area contributed by atoms with E-state index < -0.39 is 5.60 Å². The van der Waals surface area contributed by atoms with E-state index in [1.807, 2.05) is 87.5 Å². The van der Waals surface area contributed by atoms with Gasteiger partial charge in [0.15, 0.2) is 0 Å². The van der Waals surface area contributed by atoms with Crippen LogP contribution in [0.2, 0.25) is 0 Å². The Morgan fingerprint density at radius 2 is 1.64 bits per heavy atom. The molecule has 8 heteroatoms. The molecule has 0 bridgehead atoms. The second-order valence-electron chi connectivity index (χ2n) is 11.9. The molecule has 0 spiro atoms. The molecule has 4 aromatic carbocycles. The molecule has 0 radical (unpaired) electrons. The van der Waals surface area contributed by atoms with Crippen LogP contribution >= 0.6 is 0 Å². The van der Waals surface area contributed by atoms with E-state index in [0.29, 0.717) is 60.8 Å². The third kappa shape index (κ3) is 7.30. The summed E-state index contributed by atoms with van der Waals surface area (Å²) in [5.74, 6) is 0.998. The maximum Gasteiger partial charge on any atom is 0.410 e. The largest absolute Gasteiger partial charge is 0.496 e. The van der Waals surface area contributed by atoms with Gasteiger partial charge in [-0.15, -0.1) is 0 Å². The fourth-order valence-electron chi connectivity index (χ4n) is 5.27. The first kappa shape index (κ1) is 30.4. The molecule has 1 heterocycles. The van der Waals surface area contributed by atoms with Gasteiger partial charge >= 0.3 is 6.09 Å². The molecular weight excluding hydrogens is 554 g/mol. The van der Waals surface area contributed by atoms with Crippen LogP contribution in [-0.4, -0.2) is 48.8 Å². The van der Waals surface area contributed by atoms with Crippen molar-refractivity contribution in [2.45, 2.75) is 51.9 Å². The SMILES string of the molecule is COc1ccccc1C(=O)N(Cc1ccc2ccc(C#N)cc2c1)c1ccc(OC2CCN(C(=O)OC(C)(C)C)CC2)cc1. The van der Waals surface area contributed by atoms with Gasteiger partial charge < -0.3 is 24.0 Å². The van der Waals surface area contributed by atoms with E-state index in [0.717, 1.165) is 16.3 Å². The molecule has 0 atom stereocenters. The standard InChI is InChI=1S/C36H37N3O5/c1-36(2,3)44-35(41)38-19-17-31(18-20-38)43-30-15-13-29(14-16-30)39(34(40)32-7-5-6-8-33(32)42-4)24-26-10-12-27-11-9-25(23-37)21-28(27)22-26/h5-16,21-22,31H,17-20,24H2,1-4H3. The van der Waals surface area contributed by atoms with Crippen LogP contribution in [0.1, 0.15) is 55.1 Å². The van der Waals surface area contributed by atoms with Crippen LogP contribution in [0.3, 0.4) is 0 Å². The molecular formula is C36H37N3O5. The number of carbonyl (C=O) groups is 2. The normalized spacial score (nSPS) is 13.7. The van der Waals surface area contributed by atoms with Gasteiger partial charge in [0.2, 0.25) is 0 Å². The van der Waals surface area contributed by atoms with E-state index >= 15 is 0 Å². The zero-order valence-electron chi connectivity index (χ0n) is 25.6. The van der Waals surface area contributed by atoms with E-state index in [-0.39, 0.29) is 18.1 Å². The summed E-state index contributed by atoms with van der Waals surface area (Å²) in [6.07, 6.45) is 1.09. The highest BCUT2D eigenvalue weighted by Gasteiger charge is 2.28. The van der Waals surface area contributed by atoms with Crippen LogP contribution in [0.25, 0.3) is 10.8 Å². The summed E-state index contributed by atoms with van der Waals surface area (Å²) in [5.41, 5.74) is 2.15. The monoisotopic (exact) mass is 591 g/mol. The van der Waals surface area contributed by atoms with E-state index in [1.54, 1.807) is 35.1 Å². The Morgan fingerprint density at radius 1 is 0.932 bits per heavy atom. The van der Waals surface area contributed by atoms with Gasteiger partial charge in [0.25, 0.3) is 5.91 Å². The van der Waals surface area contributed by atoms with Gasteiger partial charge in [-0.05, 0) is 91.7 Å². The van der Waals surface area contributed by atoms with Crippen molar-refractivity contribution >= 4 is 28.5 Å². The molecule has 1 fully saturated rings. The summed E-state index contributed by atoms with van der Waals surface area (Å²) in [5, 5.41) is 11.3. The molecule has 0 aromatic heterocycles. The molecule has 4 aromatic rings. The first-order valence-electron chi connectivity index (χ1n) is 14.8.